The van der Waals surface area contributed by atoms with Crippen LogP contribution in [-0.4, -0.2) is 57.2 Å². The van der Waals surface area contributed by atoms with Crippen molar-refractivity contribution in [2.45, 2.75) is 84.2 Å². The summed E-state index contributed by atoms with van der Waals surface area (Å²) < 4.78 is 43.4. The van der Waals surface area contributed by atoms with Crippen LogP contribution >= 0.6 is 11.3 Å². The van der Waals surface area contributed by atoms with Gasteiger partial charge in [0.05, 0.1) is 0 Å². The molecule has 35 heavy (non-hydrogen) atoms. The number of halogens is 3. The van der Waals surface area contributed by atoms with E-state index in [4.69, 9.17) is 4.74 Å². The molecule has 1 aromatic heterocycles. The Morgan fingerprint density at radius 2 is 1.89 bits per heavy atom. The number of hydrogen-bond donors (Lipinski definition) is 2. The van der Waals surface area contributed by atoms with E-state index in [2.05, 4.69) is 20.8 Å². The number of anilines is 1. The number of alkyl halides is 3. The second kappa shape index (κ2) is 11.8. The van der Waals surface area contributed by atoms with Crippen LogP contribution in [0.25, 0.3) is 0 Å². The van der Waals surface area contributed by atoms with Gasteiger partial charge in [-0.05, 0) is 52.4 Å². The van der Waals surface area contributed by atoms with Gasteiger partial charge in [0.15, 0.2) is 0 Å². The second-order valence-electron chi connectivity index (χ2n) is 9.69. The van der Waals surface area contributed by atoms with Gasteiger partial charge in [-0.1, -0.05) is 31.3 Å². The molecular weight excluding hydrogens is 487 g/mol. The van der Waals surface area contributed by atoms with Crippen molar-refractivity contribution in [2.75, 3.05) is 11.9 Å². The Kier molecular flexibility index (Phi) is 9.64. The molecule has 9 nitrogen and oxygen atoms in total. The molecule has 1 fully saturated rings. The number of piperidine rings is 1. The van der Waals surface area contributed by atoms with Gasteiger partial charge in [-0.2, -0.15) is 13.2 Å². The van der Waals surface area contributed by atoms with E-state index >= 15 is 0 Å². The Morgan fingerprint density at radius 1 is 1.20 bits per heavy atom. The summed E-state index contributed by atoms with van der Waals surface area (Å²) in [5.41, 5.74) is -0.695. The van der Waals surface area contributed by atoms with Gasteiger partial charge in [-0.25, -0.2) is 4.79 Å². The fraction of sp³-hybridized carbons (Fsp3) is 0.682. The topological polar surface area (TPSA) is 114 Å². The van der Waals surface area contributed by atoms with Crippen LogP contribution < -0.4 is 10.6 Å². The Morgan fingerprint density at radius 3 is 2.46 bits per heavy atom. The minimum absolute atomic E-state index is 0.166. The maximum absolute atomic E-state index is 13.1. The summed E-state index contributed by atoms with van der Waals surface area (Å²) in [6, 6.07) is -1.23. The molecule has 3 amide bonds. The van der Waals surface area contributed by atoms with Gasteiger partial charge < -0.3 is 10.1 Å². The summed E-state index contributed by atoms with van der Waals surface area (Å²) in [6.45, 7) is 9.56. The van der Waals surface area contributed by atoms with Crippen molar-refractivity contribution < 1.29 is 32.3 Å². The van der Waals surface area contributed by atoms with E-state index in [0.29, 0.717) is 19.4 Å². The minimum Gasteiger partial charge on any atom is -0.444 e. The lowest BCUT2D eigenvalue weighted by Gasteiger charge is -2.36. The summed E-state index contributed by atoms with van der Waals surface area (Å²) >= 11 is 0.217. The molecule has 0 bridgehead atoms. The van der Waals surface area contributed by atoms with Gasteiger partial charge in [0, 0.05) is 18.7 Å². The average Bonchev–Trinajstić information content (AvgIpc) is 3.19. The number of carbonyl (C=O) groups excluding carboxylic acids is 3. The third kappa shape index (κ3) is 9.46. The molecule has 0 aromatic carbocycles. The number of ether oxygens (including phenoxy) is 1. The minimum atomic E-state index is -4.64. The van der Waals surface area contributed by atoms with Crippen molar-refractivity contribution in [2.24, 2.45) is 5.92 Å². The van der Waals surface area contributed by atoms with Crippen LogP contribution in [0, 0.1) is 5.92 Å². The summed E-state index contributed by atoms with van der Waals surface area (Å²) in [5, 5.41) is 10.0. The first-order chi connectivity index (χ1) is 16.2. The molecule has 1 saturated heterocycles. The highest BCUT2D eigenvalue weighted by molar-refractivity contribution is 7.15. The van der Waals surface area contributed by atoms with Gasteiger partial charge in [-0.15, -0.1) is 10.2 Å². The van der Waals surface area contributed by atoms with E-state index in [1.165, 1.54) is 11.0 Å². The van der Waals surface area contributed by atoms with Crippen molar-refractivity contribution in [1.82, 2.24) is 20.4 Å². The Labute approximate surface area is 206 Å². The van der Waals surface area contributed by atoms with Crippen LogP contribution in [0.15, 0.2) is 12.2 Å². The lowest BCUT2D eigenvalue weighted by molar-refractivity contribution is -0.138. The van der Waals surface area contributed by atoms with Gasteiger partial charge in [0.2, 0.25) is 22.0 Å². The first kappa shape index (κ1) is 28.5. The van der Waals surface area contributed by atoms with Gasteiger partial charge in [-0.3, -0.25) is 19.8 Å². The molecule has 1 aromatic rings. The smallest absolute Gasteiger partial charge is 0.444 e. The van der Waals surface area contributed by atoms with E-state index < -0.39 is 40.9 Å². The highest BCUT2D eigenvalue weighted by Crippen LogP contribution is 2.33. The number of hydrogen-bond acceptors (Lipinski definition) is 7. The third-order valence-electron chi connectivity index (χ3n) is 4.86. The first-order valence-corrected chi connectivity index (χ1v) is 12.2. The lowest BCUT2D eigenvalue weighted by atomic mass is 9.99. The summed E-state index contributed by atoms with van der Waals surface area (Å²) in [7, 11) is 0. The Hall–Kier alpha value is -2.70. The molecule has 1 unspecified atom stereocenters. The first-order valence-electron chi connectivity index (χ1n) is 11.4. The molecule has 0 aliphatic carbocycles. The molecule has 2 atom stereocenters. The highest BCUT2D eigenvalue weighted by atomic mass is 32.1. The van der Waals surface area contributed by atoms with E-state index in [1.54, 1.807) is 20.8 Å². The number of nitrogens with one attached hydrogen (secondary N) is 2. The molecule has 0 spiro atoms. The van der Waals surface area contributed by atoms with Crippen molar-refractivity contribution >= 4 is 34.4 Å². The zero-order chi connectivity index (χ0) is 26.4. The van der Waals surface area contributed by atoms with Crippen molar-refractivity contribution in [1.29, 1.82) is 0 Å². The van der Waals surface area contributed by atoms with Crippen LogP contribution in [-0.2, 0) is 20.5 Å². The fourth-order valence-electron chi connectivity index (χ4n) is 3.45. The largest absolute Gasteiger partial charge is 0.445 e. The van der Waals surface area contributed by atoms with Crippen LogP contribution in [0.5, 0.6) is 0 Å². The monoisotopic (exact) mass is 519 g/mol. The van der Waals surface area contributed by atoms with E-state index in [9.17, 15) is 27.6 Å². The normalized spacial score (nSPS) is 18.0. The van der Waals surface area contributed by atoms with Crippen LogP contribution in [0.2, 0.25) is 0 Å². The summed E-state index contributed by atoms with van der Waals surface area (Å²) in [5.74, 6) is -0.894. The predicted molar refractivity (Wildman–Crippen MR) is 125 cm³/mol. The number of aromatic nitrogens is 2. The summed E-state index contributed by atoms with van der Waals surface area (Å²) in [6.07, 6.45) is -0.0489. The molecule has 1 aliphatic rings. The number of carbonyl (C=O) groups is 3. The molecule has 1 aliphatic heterocycles. The molecule has 2 heterocycles. The van der Waals surface area contributed by atoms with E-state index in [-0.39, 0.29) is 28.3 Å². The van der Waals surface area contributed by atoms with Gasteiger partial charge >= 0.3 is 12.3 Å². The molecule has 196 valence electrons. The molecule has 0 radical (unpaired) electrons. The van der Waals surface area contributed by atoms with Gasteiger partial charge in [0.1, 0.15) is 11.6 Å². The zero-order valence-electron chi connectivity index (χ0n) is 20.4. The van der Waals surface area contributed by atoms with Crippen LogP contribution in [0.1, 0.15) is 65.3 Å². The molecule has 0 saturated carbocycles. The van der Waals surface area contributed by atoms with Crippen molar-refractivity contribution in [3.05, 3.63) is 17.2 Å². The molecular formula is C22H32F3N5O4S. The predicted octanol–water partition coefficient (Wildman–Crippen LogP) is 4.37. The van der Waals surface area contributed by atoms with E-state index in [0.717, 1.165) is 18.9 Å². The Bertz CT molecular complexity index is 927. The maximum Gasteiger partial charge on any atom is 0.445 e. The Balaban J connectivity index is 2.05. The number of nitrogens with zero attached hydrogens (tertiary/aromatic N) is 3. The number of rotatable bonds is 7. The average molecular weight is 520 g/mol. The van der Waals surface area contributed by atoms with Gasteiger partial charge in [0.25, 0.3) is 0 Å². The van der Waals surface area contributed by atoms with Crippen molar-refractivity contribution in [3.8, 4) is 0 Å². The standard InChI is InChI=1S/C22H32F3N5O4S/c1-13(2)12-14(9-10-16(31)27-19-29-28-18(35-19)22(23,24)25)26-17(32)15-8-6-7-11-30(15)20(33)34-21(3,4)5/h9-10,13-15H,6-8,11-12H2,1-5H3,(H,26,32)(H,27,29,31)/b10-9+/t14-,15?/m1/s1. The SMILES string of the molecule is CC(C)C[C@@H](/C=C/C(=O)Nc1nnc(C(F)(F)F)s1)NC(=O)C1CCCCN1C(=O)OC(C)(C)C. The zero-order valence-corrected chi connectivity index (χ0v) is 21.3. The number of likely N-dealkylation sites (tertiary alicyclic amines) is 1. The molecule has 2 N–H and O–H groups in total. The second-order valence-corrected chi connectivity index (χ2v) is 10.7. The highest BCUT2D eigenvalue weighted by Gasteiger charge is 2.36. The fourth-order valence-corrected chi connectivity index (χ4v) is 4.07. The number of amides is 3. The van der Waals surface area contributed by atoms with Crippen molar-refractivity contribution in [3.63, 3.8) is 0 Å². The third-order valence-corrected chi connectivity index (χ3v) is 5.75. The lowest BCUT2D eigenvalue weighted by Crippen LogP contribution is -2.54. The van der Waals surface area contributed by atoms with Crippen LogP contribution in [0.3, 0.4) is 0 Å². The molecule has 13 heteroatoms. The summed E-state index contributed by atoms with van der Waals surface area (Å²) in [4.78, 5) is 39.3. The maximum atomic E-state index is 13.1. The van der Waals surface area contributed by atoms with Crippen LogP contribution in [0.4, 0.5) is 23.1 Å². The molecule has 2 rings (SSSR count). The quantitative estimate of drug-likeness (QED) is 0.517. The van der Waals surface area contributed by atoms with E-state index in [1.807, 2.05) is 13.8 Å².